The number of aromatic nitrogens is 1. The van der Waals surface area contributed by atoms with Gasteiger partial charge in [0.2, 0.25) is 5.95 Å². The second-order valence-corrected chi connectivity index (χ2v) is 4.06. The summed E-state index contributed by atoms with van der Waals surface area (Å²) in [6.45, 7) is 0.111. The van der Waals surface area contributed by atoms with Crippen molar-refractivity contribution in [3.8, 4) is 0 Å². The number of hydrogen-bond donors (Lipinski definition) is 1. The van der Waals surface area contributed by atoms with Crippen LogP contribution in [0.2, 0.25) is 5.02 Å². The maximum atomic E-state index is 12.9. The van der Waals surface area contributed by atoms with Crippen molar-refractivity contribution in [3.05, 3.63) is 59.0 Å². The number of halogens is 2. The minimum absolute atomic E-state index is 0.0697. The van der Waals surface area contributed by atoms with Gasteiger partial charge in [0.05, 0.1) is 5.02 Å². The summed E-state index contributed by atoms with van der Waals surface area (Å²) in [5.41, 5.74) is 0.843. The lowest BCUT2D eigenvalue weighted by atomic mass is 10.2. The normalized spacial score (nSPS) is 10.0. The van der Waals surface area contributed by atoms with Gasteiger partial charge in [-0.15, -0.1) is 0 Å². The zero-order chi connectivity index (χ0) is 13.7. The van der Waals surface area contributed by atoms with Crippen molar-refractivity contribution in [1.82, 2.24) is 4.98 Å². The van der Waals surface area contributed by atoms with Crippen LogP contribution in [0.5, 0.6) is 0 Å². The van der Waals surface area contributed by atoms with Crippen LogP contribution < -0.4 is 5.32 Å². The highest BCUT2D eigenvalue weighted by Crippen LogP contribution is 2.19. The molecule has 2 rings (SSSR count). The molecule has 6 heteroatoms. The Morgan fingerprint density at radius 2 is 2.00 bits per heavy atom. The Morgan fingerprint density at radius 3 is 2.74 bits per heavy atom. The Kier molecular flexibility index (Phi) is 4.30. The van der Waals surface area contributed by atoms with E-state index in [1.165, 1.54) is 6.07 Å². The van der Waals surface area contributed by atoms with E-state index in [2.05, 4.69) is 10.3 Å². The Hall–Kier alpha value is -2.14. The van der Waals surface area contributed by atoms with Gasteiger partial charge in [0.15, 0.2) is 5.82 Å². The molecular formula is C13H10ClFN2O2. The number of rotatable bonds is 3. The molecule has 19 heavy (non-hydrogen) atoms. The van der Waals surface area contributed by atoms with Crippen LogP contribution in [0.3, 0.4) is 0 Å². The number of ether oxygens (including phenoxy) is 1. The molecule has 0 unspecified atom stereocenters. The molecule has 0 aliphatic rings. The smallest absolute Gasteiger partial charge is 0.413 e. The molecule has 98 valence electrons. The zero-order valence-electron chi connectivity index (χ0n) is 9.77. The molecule has 1 heterocycles. The van der Waals surface area contributed by atoms with Crippen LogP contribution in [-0.4, -0.2) is 11.1 Å². The molecule has 0 spiro atoms. The molecule has 1 aromatic carbocycles. The Labute approximate surface area is 114 Å². The number of nitrogens with zero attached hydrogens (tertiary/aromatic N) is 1. The maximum Gasteiger partial charge on any atom is 0.413 e. The van der Waals surface area contributed by atoms with Crippen LogP contribution in [0, 0.1) is 5.95 Å². The molecular weight excluding hydrogens is 271 g/mol. The maximum absolute atomic E-state index is 12.9. The second kappa shape index (κ2) is 6.15. The first-order valence-corrected chi connectivity index (χ1v) is 5.82. The Morgan fingerprint density at radius 1 is 1.26 bits per heavy atom. The number of carbonyl (C=O) groups excluding carboxylic acids is 1. The molecule has 2 aromatic rings. The first-order valence-electron chi connectivity index (χ1n) is 5.45. The van der Waals surface area contributed by atoms with E-state index in [-0.39, 0.29) is 17.4 Å². The molecule has 0 aliphatic carbocycles. The lowest BCUT2D eigenvalue weighted by Crippen LogP contribution is -2.15. The molecule has 0 aliphatic heterocycles. The van der Waals surface area contributed by atoms with Crippen LogP contribution in [0.25, 0.3) is 0 Å². The molecule has 1 aromatic heterocycles. The van der Waals surface area contributed by atoms with E-state index < -0.39 is 12.0 Å². The van der Waals surface area contributed by atoms with Crippen molar-refractivity contribution in [3.63, 3.8) is 0 Å². The highest BCUT2D eigenvalue weighted by atomic mass is 35.5. The summed E-state index contributed by atoms with van der Waals surface area (Å²) in [7, 11) is 0. The minimum Gasteiger partial charge on any atom is -0.444 e. The second-order valence-electron chi connectivity index (χ2n) is 3.65. The lowest BCUT2D eigenvalue weighted by molar-refractivity contribution is 0.155. The number of pyridine rings is 1. The Balaban J connectivity index is 1.93. The van der Waals surface area contributed by atoms with Gasteiger partial charge >= 0.3 is 6.09 Å². The van der Waals surface area contributed by atoms with E-state index in [1.807, 2.05) is 30.3 Å². The number of hydrogen-bond acceptors (Lipinski definition) is 3. The van der Waals surface area contributed by atoms with Crippen molar-refractivity contribution >= 4 is 23.5 Å². The number of anilines is 1. The van der Waals surface area contributed by atoms with Crippen LogP contribution in [0.1, 0.15) is 5.56 Å². The molecule has 0 bridgehead atoms. The van der Waals surface area contributed by atoms with Gasteiger partial charge in [0.1, 0.15) is 6.61 Å². The van der Waals surface area contributed by atoms with Gasteiger partial charge in [-0.25, -0.2) is 9.78 Å². The van der Waals surface area contributed by atoms with Gasteiger partial charge < -0.3 is 4.74 Å². The number of benzene rings is 1. The Bertz CT molecular complexity index is 578. The SMILES string of the molecule is O=C(Nc1nc(F)ccc1Cl)OCc1ccccc1. The molecule has 0 saturated heterocycles. The van der Waals surface area contributed by atoms with Crippen molar-refractivity contribution in [1.29, 1.82) is 0 Å². The van der Waals surface area contributed by atoms with E-state index in [1.54, 1.807) is 0 Å². The molecule has 4 nitrogen and oxygen atoms in total. The summed E-state index contributed by atoms with van der Waals surface area (Å²) in [4.78, 5) is 15.0. The highest BCUT2D eigenvalue weighted by molar-refractivity contribution is 6.33. The van der Waals surface area contributed by atoms with Crippen LogP contribution in [-0.2, 0) is 11.3 Å². The van der Waals surface area contributed by atoms with E-state index in [9.17, 15) is 9.18 Å². The molecule has 1 N–H and O–H groups in total. The summed E-state index contributed by atoms with van der Waals surface area (Å²) >= 11 is 5.76. The summed E-state index contributed by atoms with van der Waals surface area (Å²) in [6.07, 6.45) is -0.746. The summed E-state index contributed by atoms with van der Waals surface area (Å²) < 4.78 is 17.8. The molecule has 0 fully saturated rings. The fraction of sp³-hybridized carbons (Fsp3) is 0.0769. The van der Waals surface area contributed by atoms with E-state index in [0.717, 1.165) is 11.6 Å². The van der Waals surface area contributed by atoms with Crippen molar-refractivity contribution in [2.75, 3.05) is 5.32 Å². The standard InChI is InChI=1S/C13H10ClFN2O2/c14-10-6-7-11(15)16-12(10)17-13(18)19-8-9-4-2-1-3-5-9/h1-7H,8H2,(H,16,17,18). The van der Waals surface area contributed by atoms with Crippen molar-refractivity contribution < 1.29 is 13.9 Å². The predicted octanol–water partition coefficient (Wildman–Crippen LogP) is 3.62. The fourth-order valence-electron chi connectivity index (χ4n) is 1.36. The molecule has 0 saturated carbocycles. The van der Waals surface area contributed by atoms with Crippen LogP contribution >= 0.6 is 11.6 Å². The summed E-state index contributed by atoms with van der Waals surface area (Å²) in [6, 6.07) is 11.6. The summed E-state index contributed by atoms with van der Waals surface area (Å²) in [5, 5.41) is 2.41. The number of amides is 1. The summed E-state index contributed by atoms with van der Waals surface area (Å²) in [5.74, 6) is -0.803. The topological polar surface area (TPSA) is 51.2 Å². The molecule has 1 amide bonds. The first-order chi connectivity index (χ1) is 9.15. The average Bonchev–Trinajstić information content (AvgIpc) is 2.42. The van der Waals surface area contributed by atoms with Crippen molar-refractivity contribution in [2.45, 2.75) is 6.61 Å². The molecule has 0 radical (unpaired) electrons. The third-order valence-electron chi connectivity index (χ3n) is 2.25. The first kappa shape index (κ1) is 13.3. The predicted molar refractivity (Wildman–Crippen MR) is 69.5 cm³/mol. The van der Waals surface area contributed by atoms with Crippen LogP contribution in [0.4, 0.5) is 15.0 Å². The van der Waals surface area contributed by atoms with E-state index >= 15 is 0 Å². The van der Waals surface area contributed by atoms with Gasteiger partial charge in [0.25, 0.3) is 0 Å². The van der Waals surface area contributed by atoms with Gasteiger partial charge in [-0.05, 0) is 17.7 Å². The minimum atomic E-state index is -0.746. The fourth-order valence-corrected chi connectivity index (χ4v) is 1.51. The zero-order valence-corrected chi connectivity index (χ0v) is 10.5. The van der Waals surface area contributed by atoms with Crippen molar-refractivity contribution in [2.24, 2.45) is 0 Å². The third kappa shape index (κ3) is 3.93. The monoisotopic (exact) mass is 280 g/mol. The largest absolute Gasteiger partial charge is 0.444 e. The lowest BCUT2D eigenvalue weighted by Gasteiger charge is -2.07. The van der Waals surface area contributed by atoms with Crippen LogP contribution in [0.15, 0.2) is 42.5 Å². The highest BCUT2D eigenvalue weighted by Gasteiger charge is 2.09. The average molecular weight is 281 g/mol. The van der Waals surface area contributed by atoms with Gasteiger partial charge in [-0.1, -0.05) is 41.9 Å². The number of carbonyl (C=O) groups is 1. The molecule has 0 atom stereocenters. The number of nitrogens with one attached hydrogen (secondary N) is 1. The third-order valence-corrected chi connectivity index (χ3v) is 2.55. The van der Waals surface area contributed by atoms with Gasteiger partial charge in [0, 0.05) is 0 Å². The van der Waals surface area contributed by atoms with Gasteiger partial charge in [-0.2, -0.15) is 4.39 Å². The van der Waals surface area contributed by atoms with Gasteiger partial charge in [-0.3, -0.25) is 5.32 Å². The quantitative estimate of drug-likeness (QED) is 0.874. The van der Waals surface area contributed by atoms with E-state index in [0.29, 0.717) is 0 Å². The van der Waals surface area contributed by atoms with E-state index in [4.69, 9.17) is 16.3 Å².